The highest BCUT2D eigenvalue weighted by atomic mass is 79.9. The minimum absolute atomic E-state index is 0.133. The van der Waals surface area contributed by atoms with E-state index in [9.17, 15) is 18.0 Å². The van der Waals surface area contributed by atoms with Gasteiger partial charge in [-0.2, -0.15) is 12.7 Å². The highest BCUT2D eigenvalue weighted by Crippen LogP contribution is 2.22. The van der Waals surface area contributed by atoms with Gasteiger partial charge in [-0.1, -0.05) is 83.5 Å². The molecule has 0 saturated carbocycles. The van der Waals surface area contributed by atoms with E-state index in [0.717, 1.165) is 30.6 Å². The van der Waals surface area contributed by atoms with Crippen LogP contribution in [0, 0.1) is 0 Å². The molecule has 0 aromatic heterocycles. The van der Waals surface area contributed by atoms with Crippen molar-refractivity contribution in [3.05, 3.63) is 101 Å². The van der Waals surface area contributed by atoms with Crippen LogP contribution in [0.2, 0.25) is 0 Å². The number of nitrogens with zero attached hydrogens (tertiary/aromatic N) is 3. The van der Waals surface area contributed by atoms with E-state index in [4.69, 9.17) is 0 Å². The molecule has 3 aromatic carbocycles. The lowest BCUT2D eigenvalue weighted by Gasteiger charge is -2.34. The maximum Gasteiger partial charge on any atom is 0.304 e. The van der Waals surface area contributed by atoms with E-state index in [1.165, 1.54) is 19.0 Å². The van der Waals surface area contributed by atoms with Crippen LogP contribution in [0.5, 0.6) is 0 Å². The Kier molecular flexibility index (Phi) is 11.1. The molecule has 0 heterocycles. The first-order valence-corrected chi connectivity index (χ1v) is 14.9. The molecular formula is C29H35BrN4O4S. The standard InChI is InChI=1S/C29H35BrN4O4S/c1-4-19-31-29(36)27(20-23-11-7-5-8-12-23)33(21-24-15-17-25(30)18-16-24)28(35)22-34(39(37,38)32(2)3)26-13-9-6-10-14-26/h5-18,27H,4,19-22H2,1-3H3,(H,31,36). The second-order valence-corrected chi connectivity index (χ2v) is 12.3. The molecule has 0 saturated heterocycles. The summed E-state index contributed by atoms with van der Waals surface area (Å²) in [6, 6.07) is 24.6. The molecule has 0 aliphatic heterocycles. The molecular weight excluding hydrogens is 580 g/mol. The molecule has 2 amide bonds. The van der Waals surface area contributed by atoms with Crippen molar-refractivity contribution in [1.82, 2.24) is 14.5 Å². The van der Waals surface area contributed by atoms with Crippen LogP contribution in [0.15, 0.2) is 89.4 Å². The molecule has 1 atom stereocenters. The van der Waals surface area contributed by atoms with Crippen LogP contribution >= 0.6 is 15.9 Å². The van der Waals surface area contributed by atoms with Crippen molar-refractivity contribution in [2.24, 2.45) is 0 Å². The lowest BCUT2D eigenvalue weighted by Crippen LogP contribution is -2.54. The van der Waals surface area contributed by atoms with Crippen molar-refractivity contribution in [3.63, 3.8) is 0 Å². The molecule has 8 nitrogen and oxygen atoms in total. The number of halogens is 1. The minimum atomic E-state index is -4.01. The Labute approximate surface area is 239 Å². The highest BCUT2D eigenvalue weighted by molar-refractivity contribution is 9.10. The maximum atomic E-state index is 14.1. The largest absolute Gasteiger partial charge is 0.354 e. The van der Waals surface area contributed by atoms with Gasteiger partial charge in [0.2, 0.25) is 11.8 Å². The van der Waals surface area contributed by atoms with Gasteiger partial charge >= 0.3 is 10.2 Å². The van der Waals surface area contributed by atoms with Gasteiger partial charge in [-0.3, -0.25) is 9.59 Å². The zero-order chi connectivity index (χ0) is 28.4. The average molecular weight is 616 g/mol. The number of hydrogen-bond donors (Lipinski definition) is 1. The fourth-order valence-corrected chi connectivity index (χ4v) is 5.34. The number of para-hydroxylation sites is 1. The van der Waals surface area contributed by atoms with Gasteiger partial charge in [0.15, 0.2) is 0 Å². The van der Waals surface area contributed by atoms with Gasteiger partial charge in [0.05, 0.1) is 5.69 Å². The summed E-state index contributed by atoms with van der Waals surface area (Å²) < 4.78 is 29.7. The summed E-state index contributed by atoms with van der Waals surface area (Å²) in [5.41, 5.74) is 2.07. The molecule has 3 rings (SSSR count). The highest BCUT2D eigenvalue weighted by Gasteiger charge is 2.34. The Morgan fingerprint density at radius 2 is 1.46 bits per heavy atom. The molecule has 39 heavy (non-hydrogen) atoms. The topological polar surface area (TPSA) is 90.0 Å². The van der Waals surface area contributed by atoms with E-state index in [-0.39, 0.29) is 18.9 Å². The normalized spacial score (nSPS) is 12.1. The van der Waals surface area contributed by atoms with Gasteiger partial charge in [-0.05, 0) is 41.8 Å². The van der Waals surface area contributed by atoms with Crippen LogP contribution in [0.3, 0.4) is 0 Å². The first-order chi connectivity index (χ1) is 18.6. The molecule has 0 aliphatic rings. The molecule has 0 aliphatic carbocycles. The number of anilines is 1. The molecule has 10 heteroatoms. The van der Waals surface area contributed by atoms with Crippen LogP contribution < -0.4 is 9.62 Å². The average Bonchev–Trinajstić information content (AvgIpc) is 2.94. The van der Waals surface area contributed by atoms with Gasteiger partial charge in [0.1, 0.15) is 12.6 Å². The zero-order valence-corrected chi connectivity index (χ0v) is 24.9. The predicted molar refractivity (Wildman–Crippen MR) is 158 cm³/mol. The number of carbonyl (C=O) groups is 2. The van der Waals surface area contributed by atoms with E-state index in [2.05, 4.69) is 21.2 Å². The number of nitrogens with one attached hydrogen (secondary N) is 1. The first kappa shape index (κ1) is 30.3. The van der Waals surface area contributed by atoms with Crippen LogP contribution in [-0.4, -0.2) is 62.7 Å². The number of benzene rings is 3. The van der Waals surface area contributed by atoms with Crippen molar-refractivity contribution >= 4 is 43.6 Å². The predicted octanol–water partition coefficient (Wildman–Crippen LogP) is 4.23. The summed E-state index contributed by atoms with van der Waals surface area (Å²) >= 11 is 3.44. The van der Waals surface area contributed by atoms with Gasteiger partial charge in [0.25, 0.3) is 0 Å². The number of carbonyl (C=O) groups excluding carboxylic acids is 2. The zero-order valence-electron chi connectivity index (χ0n) is 22.5. The summed E-state index contributed by atoms with van der Waals surface area (Å²) in [7, 11) is -1.16. The van der Waals surface area contributed by atoms with Crippen molar-refractivity contribution in [2.75, 3.05) is 31.5 Å². The van der Waals surface area contributed by atoms with E-state index >= 15 is 0 Å². The van der Waals surface area contributed by atoms with Crippen LogP contribution in [0.1, 0.15) is 24.5 Å². The Morgan fingerprint density at radius 3 is 2.03 bits per heavy atom. The Hall–Kier alpha value is -3.21. The summed E-state index contributed by atoms with van der Waals surface area (Å²) in [5.74, 6) is -0.771. The van der Waals surface area contributed by atoms with Crippen molar-refractivity contribution in [2.45, 2.75) is 32.4 Å². The van der Waals surface area contributed by atoms with Gasteiger partial charge in [-0.15, -0.1) is 0 Å². The second kappa shape index (κ2) is 14.3. The molecule has 0 spiro atoms. The Balaban J connectivity index is 2.05. The minimum Gasteiger partial charge on any atom is -0.354 e. The van der Waals surface area contributed by atoms with E-state index in [0.29, 0.717) is 12.2 Å². The second-order valence-electron chi connectivity index (χ2n) is 9.28. The molecule has 1 N–H and O–H groups in total. The quantitative estimate of drug-likeness (QED) is 0.312. The fourth-order valence-electron chi connectivity index (χ4n) is 4.02. The molecule has 1 unspecified atom stereocenters. The number of amides is 2. The van der Waals surface area contributed by atoms with E-state index in [1.54, 1.807) is 30.3 Å². The van der Waals surface area contributed by atoms with Gasteiger partial charge in [0, 0.05) is 38.1 Å². The molecule has 0 bridgehead atoms. The van der Waals surface area contributed by atoms with Gasteiger partial charge in [-0.25, -0.2) is 4.31 Å². The lowest BCUT2D eigenvalue weighted by atomic mass is 10.0. The summed E-state index contributed by atoms with van der Waals surface area (Å²) in [6.07, 6.45) is 1.03. The lowest BCUT2D eigenvalue weighted by molar-refractivity contribution is -0.140. The molecule has 3 aromatic rings. The third-order valence-electron chi connectivity index (χ3n) is 6.15. The monoisotopic (exact) mass is 614 g/mol. The summed E-state index contributed by atoms with van der Waals surface area (Å²) in [6.45, 7) is 2.10. The third-order valence-corrected chi connectivity index (χ3v) is 8.50. The maximum absolute atomic E-state index is 14.1. The third kappa shape index (κ3) is 8.39. The van der Waals surface area contributed by atoms with Crippen molar-refractivity contribution in [3.8, 4) is 0 Å². The fraction of sp³-hybridized carbons (Fsp3) is 0.310. The number of rotatable bonds is 13. The van der Waals surface area contributed by atoms with Crippen LogP contribution in [-0.2, 0) is 32.8 Å². The molecule has 0 radical (unpaired) electrons. The Bertz CT molecular complexity index is 1320. The van der Waals surface area contributed by atoms with Crippen molar-refractivity contribution < 1.29 is 18.0 Å². The van der Waals surface area contributed by atoms with E-state index in [1.807, 2.05) is 61.5 Å². The van der Waals surface area contributed by atoms with E-state index < -0.39 is 28.7 Å². The van der Waals surface area contributed by atoms with Gasteiger partial charge < -0.3 is 10.2 Å². The molecule has 208 valence electrons. The van der Waals surface area contributed by atoms with Crippen LogP contribution in [0.25, 0.3) is 0 Å². The van der Waals surface area contributed by atoms with Crippen molar-refractivity contribution in [1.29, 1.82) is 0 Å². The SMILES string of the molecule is CCCNC(=O)C(Cc1ccccc1)N(Cc1ccc(Br)cc1)C(=O)CN(c1ccccc1)S(=O)(=O)N(C)C. The summed E-state index contributed by atoms with van der Waals surface area (Å²) in [5, 5.41) is 2.94. The smallest absolute Gasteiger partial charge is 0.304 e. The first-order valence-electron chi connectivity index (χ1n) is 12.7. The Morgan fingerprint density at radius 1 is 0.872 bits per heavy atom. The molecule has 0 fully saturated rings. The van der Waals surface area contributed by atoms with Crippen LogP contribution in [0.4, 0.5) is 5.69 Å². The summed E-state index contributed by atoms with van der Waals surface area (Å²) in [4.78, 5) is 29.1. The number of hydrogen-bond acceptors (Lipinski definition) is 4.